The summed E-state index contributed by atoms with van der Waals surface area (Å²) >= 11 is 0. The van der Waals surface area contributed by atoms with Crippen molar-refractivity contribution in [2.75, 3.05) is 13.1 Å². The third-order valence-corrected chi connectivity index (χ3v) is 10.1. The second kappa shape index (κ2) is 7.08. The highest BCUT2D eigenvalue weighted by Crippen LogP contribution is 2.53. The number of sulfonamides is 1. The van der Waals surface area contributed by atoms with Gasteiger partial charge in [0, 0.05) is 26.2 Å². The van der Waals surface area contributed by atoms with Crippen LogP contribution in [0.1, 0.15) is 50.6 Å². The SMILES string of the molecule is Cc1c(S(=O)(=O)N2CCCC(C(=O)NC3C4CC5CC(C4)CC3C5)C2)cnn1C. The van der Waals surface area contributed by atoms with Gasteiger partial charge < -0.3 is 5.32 Å². The van der Waals surface area contributed by atoms with Crippen molar-refractivity contribution in [1.29, 1.82) is 0 Å². The maximum atomic E-state index is 13.1. The van der Waals surface area contributed by atoms with Gasteiger partial charge in [0.05, 0.1) is 17.8 Å². The molecule has 2 heterocycles. The molecule has 6 rings (SSSR count). The molecule has 4 saturated carbocycles. The molecule has 4 aliphatic carbocycles. The van der Waals surface area contributed by atoms with E-state index in [-0.39, 0.29) is 23.3 Å². The number of rotatable bonds is 4. The summed E-state index contributed by atoms with van der Waals surface area (Å²) in [6, 6.07) is 0.308. The van der Waals surface area contributed by atoms with E-state index in [2.05, 4.69) is 10.4 Å². The maximum Gasteiger partial charge on any atom is 0.246 e. The van der Waals surface area contributed by atoms with Gasteiger partial charge in [-0.15, -0.1) is 0 Å². The average Bonchev–Trinajstić information content (AvgIpc) is 3.03. The molecular formula is C21H32N4O3S. The Labute approximate surface area is 173 Å². The van der Waals surface area contributed by atoms with Crippen LogP contribution in [0.5, 0.6) is 0 Å². The second-order valence-corrected chi connectivity index (χ2v) is 11.8. The van der Waals surface area contributed by atoms with E-state index in [4.69, 9.17) is 0 Å². The van der Waals surface area contributed by atoms with Crippen molar-refractivity contribution in [2.24, 2.45) is 36.6 Å². The summed E-state index contributed by atoms with van der Waals surface area (Å²) in [6.45, 7) is 2.51. The molecule has 0 spiro atoms. The molecule has 0 radical (unpaired) electrons. The normalized spacial score (nSPS) is 37.0. The van der Waals surface area contributed by atoms with Crippen LogP contribution < -0.4 is 5.32 Å². The molecule has 5 fully saturated rings. The molecule has 29 heavy (non-hydrogen) atoms. The zero-order chi connectivity index (χ0) is 20.3. The van der Waals surface area contributed by atoms with Gasteiger partial charge in [-0.05, 0) is 75.5 Å². The van der Waals surface area contributed by atoms with Crippen LogP contribution in [0.25, 0.3) is 0 Å². The van der Waals surface area contributed by atoms with Crippen LogP contribution in [-0.2, 0) is 21.9 Å². The minimum Gasteiger partial charge on any atom is -0.353 e. The third-order valence-electron chi connectivity index (χ3n) is 8.10. The number of aryl methyl sites for hydroxylation is 1. The predicted molar refractivity (Wildman–Crippen MR) is 108 cm³/mol. The number of carbonyl (C=O) groups is 1. The van der Waals surface area contributed by atoms with E-state index >= 15 is 0 Å². The number of carbonyl (C=O) groups excluding carboxylic acids is 1. The number of hydrogen-bond acceptors (Lipinski definition) is 4. The minimum absolute atomic E-state index is 0.0604. The lowest BCUT2D eigenvalue weighted by atomic mass is 9.54. The van der Waals surface area contributed by atoms with Crippen LogP contribution in [0.4, 0.5) is 0 Å². The highest BCUT2D eigenvalue weighted by atomic mass is 32.2. The fourth-order valence-electron chi connectivity index (χ4n) is 6.69. The number of aromatic nitrogens is 2. The largest absolute Gasteiger partial charge is 0.353 e. The van der Waals surface area contributed by atoms with E-state index in [1.807, 2.05) is 0 Å². The van der Waals surface area contributed by atoms with Gasteiger partial charge in [0.15, 0.2) is 0 Å². The van der Waals surface area contributed by atoms with Crippen LogP contribution in [0.3, 0.4) is 0 Å². The van der Waals surface area contributed by atoms with Crippen molar-refractivity contribution in [3.05, 3.63) is 11.9 Å². The molecule has 1 atom stereocenters. The summed E-state index contributed by atoms with van der Waals surface area (Å²) in [5, 5.41) is 7.46. The van der Waals surface area contributed by atoms with Crippen LogP contribution in [0.15, 0.2) is 11.1 Å². The van der Waals surface area contributed by atoms with Crippen molar-refractivity contribution in [3.63, 3.8) is 0 Å². The predicted octanol–water partition coefficient (Wildman–Crippen LogP) is 2.07. The summed E-state index contributed by atoms with van der Waals surface area (Å²) in [7, 11) is -1.88. The van der Waals surface area contributed by atoms with E-state index in [0.717, 1.165) is 24.7 Å². The molecule has 4 bridgehead atoms. The van der Waals surface area contributed by atoms with Crippen LogP contribution in [0.2, 0.25) is 0 Å². The molecule has 1 aromatic rings. The lowest BCUT2D eigenvalue weighted by molar-refractivity contribution is -0.130. The number of nitrogens with zero attached hydrogens (tertiary/aromatic N) is 3. The van der Waals surface area contributed by atoms with Gasteiger partial charge in [-0.3, -0.25) is 9.48 Å². The molecule has 1 unspecified atom stereocenters. The van der Waals surface area contributed by atoms with Crippen molar-refractivity contribution in [1.82, 2.24) is 19.4 Å². The Bertz CT molecular complexity index is 881. The van der Waals surface area contributed by atoms with Gasteiger partial charge in [-0.1, -0.05) is 0 Å². The standard InChI is InChI=1S/C21H32N4O3S/c1-13-19(11-22-24(13)2)29(27,28)25-5-3-4-16(12-25)21(26)23-20-17-7-14-6-15(9-17)10-18(20)8-14/h11,14-18,20H,3-10,12H2,1-2H3,(H,23,26). The Morgan fingerprint density at radius 1 is 1.14 bits per heavy atom. The van der Waals surface area contributed by atoms with Crippen molar-refractivity contribution >= 4 is 15.9 Å². The third kappa shape index (κ3) is 3.32. The highest BCUT2D eigenvalue weighted by molar-refractivity contribution is 7.89. The lowest BCUT2D eigenvalue weighted by Gasteiger charge is -2.54. The minimum atomic E-state index is -3.62. The van der Waals surface area contributed by atoms with E-state index in [1.165, 1.54) is 42.6 Å². The maximum absolute atomic E-state index is 13.1. The zero-order valence-electron chi connectivity index (χ0n) is 17.4. The smallest absolute Gasteiger partial charge is 0.246 e. The Hall–Kier alpha value is -1.41. The number of amides is 1. The van der Waals surface area contributed by atoms with E-state index in [9.17, 15) is 13.2 Å². The molecular weight excluding hydrogens is 388 g/mol. The number of piperidine rings is 1. The second-order valence-electron chi connectivity index (χ2n) is 9.89. The topological polar surface area (TPSA) is 84.3 Å². The van der Waals surface area contributed by atoms with Crippen molar-refractivity contribution in [3.8, 4) is 0 Å². The molecule has 160 valence electrons. The molecule has 1 aromatic heterocycles. The molecule has 1 saturated heterocycles. The van der Waals surface area contributed by atoms with E-state index < -0.39 is 10.0 Å². The Kier molecular flexibility index (Phi) is 4.77. The number of nitrogens with one attached hydrogen (secondary N) is 1. The first-order valence-electron chi connectivity index (χ1n) is 11.1. The van der Waals surface area contributed by atoms with Crippen LogP contribution >= 0.6 is 0 Å². The van der Waals surface area contributed by atoms with Gasteiger partial charge in [0.25, 0.3) is 0 Å². The van der Waals surface area contributed by atoms with E-state index in [1.54, 1.807) is 18.7 Å². The molecule has 1 N–H and O–H groups in total. The Morgan fingerprint density at radius 2 is 1.79 bits per heavy atom. The van der Waals surface area contributed by atoms with Crippen LogP contribution in [0, 0.1) is 36.5 Å². The summed E-state index contributed by atoms with van der Waals surface area (Å²) in [6.07, 6.45) is 9.37. The Balaban J connectivity index is 1.27. The molecule has 7 nitrogen and oxygen atoms in total. The van der Waals surface area contributed by atoms with Gasteiger partial charge in [-0.25, -0.2) is 8.42 Å². The molecule has 5 aliphatic rings. The fraction of sp³-hybridized carbons (Fsp3) is 0.810. The summed E-state index contributed by atoms with van der Waals surface area (Å²) in [4.78, 5) is 13.4. The van der Waals surface area contributed by atoms with Gasteiger partial charge in [0.1, 0.15) is 4.90 Å². The summed E-state index contributed by atoms with van der Waals surface area (Å²) in [5.74, 6) is 2.83. The molecule has 1 amide bonds. The first-order chi connectivity index (χ1) is 13.8. The first-order valence-corrected chi connectivity index (χ1v) is 12.6. The highest BCUT2D eigenvalue weighted by Gasteiger charge is 2.49. The number of hydrogen-bond donors (Lipinski definition) is 1. The van der Waals surface area contributed by atoms with E-state index in [0.29, 0.717) is 30.1 Å². The van der Waals surface area contributed by atoms with Crippen molar-refractivity contribution < 1.29 is 13.2 Å². The molecule has 8 heteroatoms. The van der Waals surface area contributed by atoms with Gasteiger partial charge >= 0.3 is 0 Å². The van der Waals surface area contributed by atoms with Gasteiger partial charge in [-0.2, -0.15) is 9.40 Å². The zero-order valence-corrected chi connectivity index (χ0v) is 18.2. The summed E-state index contributed by atoms with van der Waals surface area (Å²) < 4.78 is 29.3. The summed E-state index contributed by atoms with van der Waals surface area (Å²) in [5.41, 5.74) is 0.630. The van der Waals surface area contributed by atoms with Crippen molar-refractivity contribution in [2.45, 2.75) is 62.8 Å². The molecule has 1 aliphatic heterocycles. The van der Waals surface area contributed by atoms with Gasteiger partial charge in [0.2, 0.25) is 15.9 Å². The lowest BCUT2D eigenvalue weighted by Crippen LogP contribution is -2.57. The monoisotopic (exact) mass is 420 g/mol. The average molecular weight is 421 g/mol. The first kappa shape index (κ1) is 19.5. The fourth-order valence-corrected chi connectivity index (χ4v) is 8.40. The van der Waals surface area contributed by atoms with Crippen LogP contribution in [-0.4, -0.2) is 47.5 Å². The quantitative estimate of drug-likeness (QED) is 0.808. The molecule has 0 aromatic carbocycles. The Morgan fingerprint density at radius 3 is 2.38 bits per heavy atom.